The van der Waals surface area contributed by atoms with Gasteiger partial charge in [0.05, 0.1) is 6.61 Å². The number of unbranched alkanes of at least 4 members (excludes halogenated alkanes) is 17. The van der Waals surface area contributed by atoms with Crippen molar-refractivity contribution in [3.05, 3.63) is 12.7 Å². The molecule has 0 saturated carbocycles. The lowest BCUT2D eigenvalue weighted by Crippen LogP contribution is -2.16. The Morgan fingerprint density at radius 2 is 1.00 bits per heavy atom. The first-order valence-electron chi connectivity index (χ1n) is 15.8. The Morgan fingerprint density at radius 3 is 1.44 bits per heavy atom. The number of hydroxylamine groups is 1. The molecule has 0 aliphatic heterocycles. The average Bonchev–Trinajstić information content (AvgIpc) is 2.90. The van der Waals surface area contributed by atoms with Gasteiger partial charge in [-0.3, -0.25) is 0 Å². The van der Waals surface area contributed by atoms with Gasteiger partial charge in [0.2, 0.25) is 0 Å². The molecule has 0 unspecified atom stereocenters. The monoisotopic (exact) mass is 518 g/mol. The van der Waals surface area contributed by atoms with Gasteiger partial charge in [-0.05, 0) is 32.1 Å². The summed E-state index contributed by atoms with van der Waals surface area (Å²) in [6, 6.07) is 0. The Bertz CT molecular complexity index is 287. The summed E-state index contributed by atoms with van der Waals surface area (Å²) < 4.78 is 0. The second-order valence-corrected chi connectivity index (χ2v) is 9.20. The molecular weight excluding hydrogens is 442 g/mol. The van der Waals surface area contributed by atoms with Crippen LogP contribution in [0, 0.1) is 0 Å². The summed E-state index contributed by atoms with van der Waals surface area (Å²) in [7, 11) is 0. The molecule has 0 aromatic heterocycles. The molecule has 0 aromatic rings. The number of allylic oxidation sites excluding steroid dienone is 1. The minimum absolute atomic E-state index is 0. The number of aliphatic hydroxyl groups is 1. The number of nitrogens with one attached hydrogen (secondary N) is 1. The molecular formula is C33H75NO2. The van der Waals surface area contributed by atoms with Gasteiger partial charge in [-0.2, -0.15) is 0 Å². The molecule has 0 rings (SSSR count). The Morgan fingerprint density at radius 1 is 0.583 bits per heavy atom. The Hall–Kier alpha value is -0.380. The fourth-order valence-corrected chi connectivity index (χ4v) is 3.18. The van der Waals surface area contributed by atoms with Crippen LogP contribution < -0.4 is 5.48 Å². The van der Waals surface area contributed by atoms with Crippen molar-refractivity contribution in [2.45, 2.75) is 184 Å². The largest absolute Gasteiger partial charge is 0.396 e. The van der Waals surface area contributed by atoms with Crippen LogP contribution >= 0.6 is 0 Å². The van der Waals surface area contributed by atoms with Gasteiger partial charge in [-0.15, -0.1) is 6.58 Å². The minimum atomic E-state index is 0. The minimum Gasteiger partial charge on any atom is -0.396 e. The summed E-state index contributed by atoms with van der Waals surface area (Å²) in [6.45, 7) is 18.8. The normalized spacial score (nSPS) is 9.53. The molecule has 0 aromatic carbocycles. The Balaban J connectivity index is -0.000000158. The third-order valence-electron chi connectivity index (χ3n) is 5.65. The van der Waals surface area contributed by atoms with Crippen LogP contribution in [0.2, 0.25) is 0 Å². The van der Waals surface area contributed by atoms with Crippen molar-refractivity contribution in [3.8, 4) is 0 Å². The smallest absolute Gasteiger partial charge is 0.0682 e. The van der Waals surface area contributed by atoms with E-state index < -0.39 is 0 Å². The van der Waals surface area contributed by atoms with Crippen LogP contribution in [0.25, 0.3) is 0 Å². The van der Waals surface area contributed by atoms with Crippen LogP contribution in [0.5, 0.6) is 0 Å². The number of hydrogen-bond acceptors (Lipinski definition) is 3. The average molecular weight is 518 g/mol. The predicted octanol–water partition coefficient (Wildman–Crippen LogP) is 11.6. The third-order valence-corrected chi connectivity index (χ3v) is 5.65. The van der Waals surface area contributed by atoms with Crippen LogP contribution in [0.1, 0.15) is 184 Å². The molecule has 0 saturated heterocycles. The summed E-state index contributed by atoms with van der Waals surface area (Å²) in [4.78, 5) is 5.42. The van der Waals surface area contributed by atoms with E-state index in [0.717, 1.165) is 26.0 Å². The van der Waals surface area contributed by atoms with E-state index in [2.05, 4.69) is 39.8 Å². The van der Waals surface area contributed by atoms with E-state index in [1.165, 1.54) is 122 Å². The zero-order chi connectivity index (χ0) is 27.1. The standard InChI is InChI=1S/C17H35NO.C9H20O.C4H10.C2H6.CH4/c1-3-5-7-9-11-13-15-17-19-18-16-14-12-10-8-6-4-2;1-2-3-4-5-6-7-8-9-10;1-3-4-2;1-2;/h4,18H,2-3,5-17H2,1H3;10H,2-9H2,1H3;3-4H2,1-2H3;1-2H3;1H4. The summed E-state index contributed by atoms with van der Waals surface area (Å²) in [6.07, 6.45) is 29.2. The van der Waals surface area contributed by atoms with E-state index in [-0.39, 0.29) is 7.43 Å². The molecule has 3 nitrogen and oxygen atoms in total. The van der Waals surface area contributed by atoms with Crippen molar-refractivity contribution in [3.63, 3.8) is 0 Å². The highest BCUT2D eigenvalue weighted by atomic mass is 16.6. The molecule has 0 fully saturated rings. The van der Waals surface area contributed by atoms with E-state index >= 15 is 0 Å². The first-order chi connectivity index (χ1) is 17.2. The summed E-state index contributed by atoms with van der Waals surface area (Å²) in [5.41, 5.74) is 3.07. The second kappa shape index (κ2) is 55.2. The quantitative estimate of drug-likeness (QED) is 0.0759. The molecule has 224 valence electrons. The fraction of sp³-hybridized carbons (Fsp3) is 0.939. The zero-order valence-corrected chi connectivity index (χ0v) is 25.6. The van der Waals surface area contributed by atoms with Gasteiger partial charge in [-0.1, -0.05) is 158 Å². The molecule has 3 heteroatoms. The molecule has 0 spiro atoms. The van der Waals surface area contributed by atoms with Crippen molar-refractivity contribution in [2.75, 3.05) is 19.8 Å². The van der Waals surface area contributed by atoms with Gasteiger partial charge in [0.25, 0.3) is 0 Å². The Labute approximate surface area is 231 Å². The Kier molecular flexibility index (Phi) is 69.8. The van der Waals surface area contributed by atoms with Gasteiger partial charge in [-0.25, -0.2) is 5.48 Å². The van der Waals surface area contributed by atoms with Crippen LogP contribution in [0.15, 0.2) is 12.7 Å². The highest BCUT2D eigenvalue weighted by Gasteiger charge is 1.93. The van der Waals surface area contributed by atoms with Gasteiger partial charge < -0.3 is 9.94 Å². The lowest BCUT2D eigenvalue weighted by atomic mass is 10.1. The van der Waals surface area contributed by atoms with Crippen molar-refractivity contribution in [2.24, 2.45) is 0 Å². The van der Waals surface area contributed by atoms with Crippen molar-refractivity contribution < 1.29 is 9.94 Å². The lowest BCUT2D eigenvalue weighted by molar-refractivity contribution is 0.0376. The molecule has 36 heavy (non-hydrogen) atoms. The van der Waals surface area contributed by atoms with Crippen LogP contribution in [0.4, 0.5) is 0 Å². The second-order valence-electron chi connectivity index (χ2n) is 9.20. The molecule has 0 aliphatic rings. The van der Waals surface area contributed by atoms with Crippen molar-refractivity contribution >= 4 is 0 Å². The maximum absolute atomic E-state index is 8.47. The molecule has 2 N–H and O–H groups in total. The van der Waals surface area contributed by atoms with Crippen LogP contribution in [-0.4, -0.2) is 24.9 Å². The molecule has 0 atom stereocenters. The van der Waals surface area contributed by atoms with E-state index in [9.17, 15) is 0 Å². The third kappa shape index (κ3) is 64.1. The number of aliphatic hydroxyl groups excluding tert-OH is 1. The van der Waals surface area contributed by atoms with E-state index in [4.69, 9.17) is 9.94 Å². The van der Waals surface area contributed by atoms with Gasteiger partial charge in [0.15, 0.2) is 0 Å². The SMILES string of the molecule is C.C=CCCCCCCNOCCCCCCCCC.CC.CCCC.CCCCCCCCCO. The van der Waals surface area contributed by atoms with E-state index in [1.807, 2.05) is 19.9 Å². The maximum Gasteiger partial charge on any atom is 0.0682 e. The topological polar surface area (TPSA) is 41.5 Å². The van der Waals surface area contributed by atoms with Gasteiger partial charge >= 0.3 is 0 Å². The first-order valence-corrected chi connectivity index (χ1v) is 15.8. The predicted molar refractivity (Wildman–Crippen MR) is 169 cm³/mol. The van der Waals surface area contributed by atoms with Crippen LogP contribution in [0.3, 0.4) is 0 Å². The maximum atomic E-state index is 8.47. The van der Waals surface area contributed by atoms with Gasteiger partial charge in [0, 0.05) is 13.2 Å². The van der Waals surface area contributed by atoms with Crippen molar-refractivity contribution in [1.82, 2.24) is 5.48 Å². The first kappa shape index (κ1) is 45.5. The summed E-state index contributed by atoms with van der Waals surface area (Å²) in [5, 5.41) is 8.47. The molecule has 0 amide bonds. The highest BCUT2D eigenvalue weighted by Crippen LogP contribution is 2.07. The van der Waals surface area contributed by atoms with Gasteiger partial charge in [0.1, 0.15) is 0 Å². The molecule has 0 aliphatic carbocycles. The summed E-state index contributed by atoms with van der Waals surface area (Å²) in [5.74, 6) is 0. The molecule has 0 heterocycles. The van der Waals surface area contributed by atoms with E-state index in [1.54, 1.807) is 0 Å². The van der Waals surface area contributed by atoms with Crippen LogP contribution in [-0.2, 0) is 4.84 Å². The fourth-order valence-electron chi connectivity index (χ4n) is 3.18. The van der Waals surface area contributed by atoms with E-state index in [0.29, 0.717) is 6.61 Å². The molecule has 0 radical (unpaired) electrons. The zero-order valence-electron chi connectivity index (χ0n) is 25.6. The number of rotatable bonds is 24. The lowest BCUT2D eigenvalue weighted by Gasteiger charge is -2.05. The van der Waals surface area contributed by atoms with Crippen molar-refractivity contribution in [1.29, 1.82) is 0 Å². The summed E-state index contributed by atoms with van der Waals surface area (Å²) >= 11 is 0. The number of hydrogen-bond donors (Lipinski definition) is 2. The molecule has 0 bridgehead atoms. The highest BCUT2D eigenvalue weighted by molar-refractivity contribution is 4.65.